The lowest BCUT2D eigenvalue weighted by atomic mass is 10.2. The Labute approximate surface area is 160 Å². The van der Waals surface area contributed by atoms with Crippen LogP contribution < -0.4 is 10.6 Å². The minimum Gasteiger partial charge on any atom is -0.352 e. The first-order valence-corrected chi connectivity index (χ1v) is 9.23. The van der Waals surface area contributed by atoms with Crippen molar-refractivity contribution in [1.82, 2.24) is 10.3 Å². The molecule has 132 valence electrons. The van der Waals surface area contributed by atoms with Crippen LogP contribution in [0, 0.1) is 0 Å². The average molecular weight is 386 g/mol. The summed E-state index contributed by atoms with van der Waals surface area (Å²) in [6, 6.07) is 14.0. The third-order valence-electron chi connectivity index (χ3n) is 3.55. The van der Waals surface area contributed by atoms with Gasteiger partial charge in [0.1, 0.15) is 10.7 Å². The molecule has 0 atom stereocenters. The molecule has 7 heteroatoms. The van der Waals surface area contributed by atoms with Gasteiger partial charge in [0.2, 0.25) is 0 Å². The maximum absolute atomic E-state index is 12.4. The molecule has 0 aliphatic heterocycles. The standard InChI is InChI=1S/C19H16ClN3O2S/c1-2-21-17(24)12-6-8-15(9-7-12)22-18(25)16-11-26-19(23-16)13-4-3-5-14(20)10-13/h3-11H,2H2,1H3,(H,21,24)(H,22,25). The molecule has 26 heavy (non-hydrogen) atoms. The van der Waals surface area contributed by atoms with Gasteiger partial charge in [0.25, 0.3) is 11.8 Å². The summed E-state index contributed by atoms with van der Waals surface area (Å²) >= 11 is 7.37. The van der Waals surface area contributed by atoms with Gasteiger partial charge >= 0.3 is 0 Å². The van der Waals surface area contributed by atoms with E-state index in [9.17, 15) is 9.59 Å². The monoisotopic (exact) mass is 385 g/mol. The number of halogens is 1. The fourth-order valence-corrected chi connectivity index (χ4v) is 3.28. The van der Waals surface area contributed by atoms with E-state index in [2.05, 4.69) is 15.6 Å². The Morgan fingerprint density at radius 3 is 2.58 bits per heavy atom. The lowest BCUT2D eigenvalue weighted by molar-refractivity contribution is 0.0955. The number of carbonyl (C=O) groups excluding carboxylic acids is 2. The van der Waals surface area contributed by atoms with E-state index in [-0.39, 0.29) is 11.8 Å². The van der Waals surface area contributed by atoms with Crippen molar-refractivity contribution >= 4 is 40.4 Å². The van der Waals surface area contributed by atoms with Gasteiger partial charge in [-0.3, -0.25) is 9.59 Å². The van der Waals surface area contributed by atoms with Gasteiger partial charge in [0.15, 0.2) is 0 Å². The predicted molar refractivity (Wildman–Crippen MR) is 105 cm³/mol. The molecule has 5 nitrogen and oxygen atoms in total. The number of amides is 2. The third-order valence-corrected chi connectivity index (χ3v) is 4.68. The summed E-state index contributed by atoms with van der Waals surface area (Å²) in [6.07, 6.45) is 0. The highest BCUT2D eigenvalue weighted by Crippen LogP contribution is 2.26. The third kappa shape index (κ3) is 4.28. The number of benzene rings is 2. The van der Waals surface area contributed by atoms with Gasteiger partial charge < -0.3 is 10.6 Å². The van der Waals surface area contributed by atoms with Crippen LogP contribution in [0.15, 0.2) is 53.9 Å². The Balaban J connectivity index is 1.70. The summed E-state index contributed by atoms with van der Waals surface area (Å²) in [7, 11) is 0. The first-order chi connectivity index (χ1) is 12.6. The second-order valence-electron chi connectivity index (χ2n) is 5.44. The second kappa shape index (κ2) is 8.12. The quantitative estimate of drug-likeness (QED) is 0.680. The number of carbonyl (C=O) groups is 2. The smallest absolute Gasteiger partial charge is 0.275 e. The fourth-order valence-electron chi connectivity index (χ4n) is 2.29. The first kappa shape index (κ1) is 18.1. The molecule has 0 fully saturated rings. The summed E-state index contributed by atoms with van der Waals surface area (Å²) in [5.74, 6) is -0.448. The number of nitrogens with zero attached hydrogens (tertiary/aromatic N) is 1. The van der Waals surface area contributed by atoms with Gasteiger partial charge in [0, 0.05) is 33.8 Å². The van der Waals surface area contributed by atoms with Crippen LogP contribution in [0.25, 0.3) is 10.6 Å². The van der Waals surface area contributed by atoms with Crippen LogP contribution in [0.4, 0.5) is 5.69 Å². The van der Waals surface area contributed by atoms with Gasteiger partial charge in [-0.25, -0.2) is 4.98 Å². The summed E-state index contributed by atoms with van der Waals surface area (Å²) in [4.78, 5) is 28.5. The van der Waals surface area contributed by atoms with Crippen molar-refractivity contribution in [1.29, 1.82) is 0 Å². The number of aromatic nitrogens is 1. The second-order valence-corrected chi connectivity index (χ2v) is 6.73. The molecule has 0 aliphatic rings. The van der Waals surface area contributed by atoms with Crippen molar-refractivity contribution in [3.05, 3.63) is 70.2 Å². The van der Waals surface area contributed by atoms with Crippen LogP contribution >= 0.6 is 22.9 Å². The highest BCUT2D eigenvalue weighted by molar-refractivity contribution is 7.13. The van der Waals surface area contributed by atoms with Gasteiger partial charge in [-0.05, 0) is 43.3 Å². The number of rotatable bonds is 5. The molecule has 0 radical (unpaired) electrons. The molecular weight excluding hydrogens is 370 g/mol. The number of nitrogens with one attached hydrogen (secondary N) is 2. The number of anilines is 1. The van der Waals surface area contributed by atoms with Gasteiger partial charge in [-0.2, -0.15) is 0 Å². The molecule has 1 aromatic heterocycles. The van der Waals surface area contributed by atoms with E-state index < -0.39 is 0 Å². The summed E-state index contributed by atoms with van der Waals surface area (Å²) in [5.41, 5.74) is 2.34. The summed E-state index contributed by atoms with van der Waals surface area (Å²) in [6.45, 7) is 2.42. The zero-order chi connectivity index (χ0) is 18.5. The zero-order valence-corrected chi connectivity index (χ0v) is 15.5. The minimum atomic E-state index is -0.305. The average Bonchev–Trinajstić information content (AvgIpc) is 3.13. The molecule has 0 spiro atoms. The zero-order valence-electron chi connectivity index (χ0n) is 14.0. The van der Waals surface area contributed by atoms with E-state index >= 15 is 0 Å². The van der Waals surface area contributed by atoms with E-state index in [4.69, 9.17) is 11.6 Å². The Morgan fingerprint density at radius 2 is 1.88 bits per heavy atom. The Hall–Kier alpha value is -2.70. The van der Waals surface area contributed by atoms with E-state index in [1.165, 1.54) is 11.3 Å². The van der Waals surface area contributed by atoms with Gasteiger partial charge in [-0.15, -0.1) is 11.3 Å². The molecule has 0 saturated carbocycles. The summed E-state index contributed by atoms with van der Waals surface area (Å²) < 4.78 is 0. The van der Waals surface area contributed by atoms with Crippen molar-refractivity contribution in [2.75, 3.05) is 11.9 Å². The maximum Gasteiger partial charge on any atom is 0.275 e. The topological polar surface area (TPSA) is 71.1 Å². The van der Waals surface area contributed by atoms with Crippen molar-refractivity contribution in [3.63, 3.8) is 0 Å². The van der Waals surface area contributed by atoms with Crippen LogP contribution in [0.1, 0.15) is 27.8 Å². The first-order valence-electron chi connectivity index (χ1n) is 7.98. The molecule has 0 unspecified atom stereocenters. The fraction of sp³-hybridized carbons (Fsp3) is 0.105. The normalized spacial score (nSPS) is 10.4. The van der Waals surface area contributed by atoms with Crippen molar-refractivity contribution in [3.8, 4) is 10.6 Å². The number of hydrogen-bond acceptors (Lipinski definition) is 4. The van der Waals surface area contributed by atoms with Crippen LogP contribution in [-0.4, -0.2) is 23.3 Å². The van der Waals surface area contributed by atoms with E-state index in [0.717, 1.165) is 10.6 Å². The highest BCUT2D eigenvalue weighted by atomic mass is 35.5. The summed E-state index contributed by atoms with van der Waals surface area (Å²) in [5, 5.41) is 8.56. The van der Waals surface area contributed by atoms with Gasteiger partial charge in [-0.1, -0.05) is 23.7 Å². The Kier molecular flexibility index (Phi) is 5.65. The molecular formula is C19H16ClN3O2S. The number of thiazole rings is 1. The molecule has 1 heterocycles. The van der Waals surface area contributed by atoms with Gasteiger partial charge in [0.05, 0.1) is 0 Å². The predicted octanol–water partition coefficient (Wildman–Crippen LogP) is 4.47. The van der Waals surface area contributed by atoms with E-state index in [0.29, 0.717) is 28.5 Å². The Bertz CT molecular complexity index is 938. The van der Waals surface area contributed by atoms with Crippen LogP contribution in [-0.2, 0) is 0 Å². The SMILES string of the molecule is CCNC(=O)c1ccc(NC(=O)c2csc(-c3cccc(Cl)c3)n2)cc1. The van der Waals surface area contributed by atoms with E-state index in [1.807, 2.05) is 25.1 Å². The lowest BCUT2D eigenvalue weighted by Crippen LogP contribution is -2.22. The van der Waals surface area contributed by atoms with Crippen molar-refractivity contribution in [2.45, 2.75) is 6.92 Å². The molecule has 0 aliphatic carbocycles. The minimum absolute atomic E-state index is 0.143. The molecule has 0 bridgehead atoms. The largest absolute Gasteiger partial charge is 0.352 e. The molecule has 2 amide bonds. The maximum atomic E-state index is 12.4. The van der Waals surface area contributed by atoms with Crippen LogP contribution in [0.5, 0.6) is 0 Å². The lowest BCUT2D eigenvalue weighted by Gasteiger charge is -2.05. The molecule has 3 aromatic rings. The Morgan fingerprint density at radius 1 is 1.12 bits per heavy atom. The number of hydrogen-bond donors (Lipinski definition) is 2. The van der Waals surface area contributed by atoms with E-state index in [1.54, 1.807) is 35.7 Å². The molecule has 3 rings (SSSR count). The molecule has 2 aromatic carbocycles. The molecule has 2 N–H and O–H groups in total. The van der Waals surface area contributed by atoms with Crippen molar-refractivity contribution < 1.29 is 9.59 Å². The van der Waals surface area contributed by atoms with Crippen LogP contribution in [0.2, 0.25) is 5.02 Å². The molecule has 0 saturated heterocycles. The van der Waals surface area contributed by atoms with Crippen LogP contribution in [0.3, 0.4) is 0 Å². The highest BCUT2D eigenvalue weighted by Gasteiger charge is 2.13. The van der Waals surface area contributed by atoms with Crippen molar-refractivity contribution in [2.24, 2.45) is 0 Å².